The van der Waals surface area contributed by atoms with Crippen LogP contribution in [-0.2, 0) is 21.1 Å². The van der Waals surface area contributed by atoms with Crippen LogP contribution in [0.5, 0.6) is 0 Å². The van der Waals surface area contributed by atoms with E-state index in [9.17, 15) is 0 Å². The molecular formula is C40H30BN2PtSi+. The molecule has 0 amide bonds. The zero-order chi connectivity index (χ0) is 29.8. The Balaban J connectivity index is 0.000000141. The maximum Gasteiger partial charge on any atom is 4.00 e. The topological polar surface area (TPSA) is 8.81 Å². The second-order valence-electron chi connectivity index (χ2n) is 12.2. The molecule has 216 valence electrons. The number of nitrogens with zero attached hydrogens (tertiary/aromatic N) is 2. The number of para-hydroxylation sites is 3. The van der Waals surface area contributed by atoms with Crippen molar-refractivity contribution in [2.75, 3.05) is 0 Å². The van der Waals surface area contributed by atoms with Crippen LogP contribution in [0, 0.1) is 31.5 Å². The summed E-state index contributed by atoms with van der Waals surface area (Å²) in [5, 5.41) is 3.13. The van der Waals surface area contributed by atoms with Gasteiger partial charge in [0.15, 0.2) is 6.71 Å². The molecule has 2 nitrogen and oxygen atoms in total. The SMILES string of the molecule is C[Si]1(C)c2ccc[c-]c2B2c3[c-]cccc3-c3cccc1c32.Cc1ccc(-[n+]2[c-]n(-c3[c-]cccc3)c3ccccc32)cc1.[Pt+4]. The molecule has 0 spiro atoms. The summed E-state index contributed by atoms with van der Waals surface area (Å²) >= 11 is 0. The molecule has 0 radical (unpaired) electrons. The summed E-state index contributed by atoms with van der Waals surface area (Å²) in [6.45, 7) is 7.37. The van der Waals surface area contributed by atoms with Crippen molar-refractivity contribution in [1.82, 2.24) is 4.57 Å². The van der Waals surface area contributed by atoms with E-state index in [2.05, 4.69) is 151 Å². The standard InChI is InChI=1S/C20H15BSi.C20H15N2.Pt/c1-22(2)18-12-6-5-11-17(18)21-16-10-4-3-8-14(16)15-9-7-13-19(22)20(15)21;1-16-11-13-18(14-12-16)22-15-21(17-7-3-2-4-8-17)19-9-5-6-10-20(19)22;/h3-9,12-13H,1-2H3;2-7,9-14H,1H3;/q-2;-1;+4. The molecule has 7 aromatic rings. The van der Waals surface area contributed by atoms with Crippen LogP contribution in [0.4, 0.5) is 0 Å². The Kier molecular flexibility index (Phi) is 7.60. The van der Waals surface area contributed by atoms with Crippen molar-refractivity contribution in [1.29, 1.82) is 0 Å². The van der Waals surface area contributed by atoms with Gasteiger partial charge in [-0.2, -0.15) is 95.0 Å². The van der Waals surface area contributed by atoms with Gasteiger partial charge in [0, 0.05) is 0 Å². The maximum atomic E-state index is 3.58. The van der Waals surface area contributed by atoms with E-state index in [1.54, 1.807) is 5.19 Å². The van der Waals surface area contributed by atoms with Gasteiger partial charge in [0.1, 0.15) is 0 Å². The van der Waals surface area contributed by atoms with Crippen LogP contribution in [0.1, 0.15) is 5.56 Å². The van der Waals surface area contributed by atoms with Crippen molar-refractivity contribution < 1.29 is 25.6 Å². The van der Waals surface area contributed by atoms with Crippen molar-refractivity contribution in [3.05, 3.63) is 157 Å². The molecule has 2 aliphatic rings. The smallest absolute Gasteiger partial charge is 0.315 e. The Bertz CT molecular complexity index is 2170. The average molecular weight is 773 g/mol. The van der Waals surface area contributed by atoms with Crippen LogP contribution < -0.4 is 31.3 Å². The normalized spacial score (nSPS) is 13.2. The Labute approximate surface area is 281 Å². The monoisotopic (exact) mass is 772 g/mol. The molecule has 3 heterocycles. The number of hydrogen-bond acceptors (Lipinski definition) is 0. The Morgan fingerprint density at radius 2 is 1.33 bits per heavy atom. The minimum Gasteiger partial charge on any atom is -0.315 e. The van der Waals surface area contributed by atoms with Crippen LogP contribution in [-0.4, -0.2) is 19.4 Å². The minimum absolute atomic E-state index is 0. The molecule has 0 atom stereocenters. The van der Waals surface area contributed by atoms with Crippen LogP contribution in [0.3, 0.4) is 0 Å². The molecule has 1 aromatic heterocycles. The number of imidazole rings is 1. The van der Waals surface area contributed by atoms with E-state index in [1.165, 1.54) is 38.3 Å². The Morgan fingerprint density at radius 3 is 2.13 bits per heavy atom. The molecule has 5 heteroatoms. The summed E-state index contributed by atoms with van der Waals surface area (Å²) in [6, 6.07) is 55.0. The van der Waals surface area contributed by atoms with E-state index in [1.807, 2.05) is 30.3 Å². The number of hydrogen-bond donors (Lipinski definition) is 0. The molecule has 0 bridgehead atoms. The molecule has 0 unspecified atom stereocenters. The van der Waals surface area contributed by atoms with Crippen molar-refractivity contribution in [2.24, 2.45) is 0 Å². The van der Waals surface area contributed by atoms with Crippen LogP contribution in [0.15, 0.2) is 127 Å². The second kappa shape index (κ2) is 11.6. The number of aryl methyl sites for hydroxylation is 1. The van der Waals surface area contributed by atoms with Crippen LogP contribution >= 0.6 is 0 Å². The average Bonchev–Trinajstić information content (AvgIpc) is 3.62. The summed E-state index contributed by atoms with van der Waals surface area (Å²) < 4.78 is 4.14. The van der Waals surface area contributed by atoms with E-state index in [-0.39, 0.29) is 21.1 Å². The zero-order valence-electron chi connectivity index (χ0n) is 25.4. The summed E-state index contributed by atoms with van der Waals surface area (Å²) in [5.41, 5.74) is 12.6. The van der Waals surface area contributed by atoms with Gasteiger partial charge in [-0.1, -0.05) is 89.5 Å². The molecule has 0 saturated carbocycles. The molecule has 0 aliphatic carbocycles. The fourth-order valence-electron chi connectivity index (χ4n) is 7.04. The van der Waals surface area contributed by atoms with E-state index >= 15 is 0 Å². The third-order valence-corrected chi connectivity index (χ3v) is 12.7. The van der Waals surface area contributed by atoms with Gasteiger partial charge >= 0.3 is 21.1 Å². The molecular weight excluding hydrogens is 742 g/mol. The first-order valence-electron chi connectivity index (χ1n) is 15.2. The van der Waals surface area contributed by atoms with Gasteiger partial charge in [-0.15, -0.1) is 5.56 Å². The minimum atomic E-state index is -1.65. The van der Waals surface area contributed by atoms with Gasteiger partial charge in [-0.25, -0.2) is 0 Å². The van der Waals surface area contributed by atoms with Gasteiger partial charge in [0.05, 0.1) is 24.8 Å². The first kappa shape index (κ1) is 29.5. The van der Waals surface area contributed by atoms with Crippen LogP contribution in [0.2, 0.25) is 13.1 Å². The summed E-state index contributed by atoms with van der Waals surface area (Å²) in [6.07, 6.45) is 3.44. The van der Waals surface area contributed by atoms with Crippen molar-refractivity contribution in [3.8, 4) is 22.5 Å². The molecule has 0 fully saturated rings. The Morgan fingerprint density at radius 1 is 0.644 bits per heavy atom. The van der Waals surface area contributed by atoms with Crippen molar-refractivity contribution in [2.45, 2.75) is 20.0 Å². The van der Waals surface area contributed by atoms with Gasteiger partial charge in [0.2, 0.25) is 0 Å². The molecule has 9 rings (SSSR count). The van der Waals surface area contributed by atoms with Gasteiger partial charge < -0.3 is 4.57 Å². The van der Waals surface area contributed by atoms with Gasteiger partial charge in [-0.3, -0.25) is 4.57 Å². The number of benzene rings is 6. The first-order valence-corrected chi connectivity index (χ1v) is 18.2. The molecule has 45 heavy (non-hydrogen) atoms. The summed E-state index contributed by atoms with van der Waals surface area (Å²) in [4.78, 5) is 0. The van der Waals surface area contributed by atoms with E-state index in [0.717, 1.165) is 22.4 Å². The predicted molar refractivity (Wildman–Crippen MR) is 185 cm³/mol. The number of fused-ring (bicyclic) bond motifs is 6. The Hall–Kier alpha value is -4.24. The van der Waals surface area contributed by atoms with Gasteiger partial charge in [-0.05, 0) is 24.7 Å². The predicted octanol–water partition coefficient (Wildman–Crippen LogP) is 4.73. The maximum absolute atomic E-state index is 3.58. The molecule has 0 saturated heterocycles. The largest absolute Gasteiger partial charge is 4.00 e. The van der Waals surface area contributed by atoms with Gasteiger partial charge in [0.25, 0.3) is 6.33 Å². The van der Waals surface area contributed by atoms with E-state index in [0.29, 0.717) is 6.71 Å². The second-order valence-corrected chi connectivity index (χ2v) is 16.5. The third-order valence-electron chi connectivity index (χ3n) is 9.17. The molecule has 0 N–H and O–H groups in total. The van der Waals surface area contributed by atoms with Crippen LogP contribution in [0.25, 0.3) is 33.5 Å². The molecule has 6 aromatic carbocycles. The van der Waals surface area contributed by atoms with E-state index < -0.39 is 8.07 Å². The fourth-order valence-corrected chi connectivity index (χ4v) is 10.2. The zero-order valence-corrected chi connectivity index (χ0v) is 28.7. The first-order chi connectivity index (χ1) is 21.5. The fraction of sp³-hybridized carbons (Fsp3) is 0.0750. The van der Waals surface area contributed by atoms with Crippen molar-refractivity contribution in [3.63, 3.8) is 0 Å². The number of aromatic nitrogens is 2. The number of rotatable bonds is 2. The summed E-state index contributed by atoms with van der Waals surface area (Å²) in [7, 11) is -1.65. The third kappa shape index (κ3) is 4.79. The van der Waals surface area contributed by atoms with Crippen molar-refractivity contribution >= 4 is 52.6 Å². The quantitative estimate of drug-likeness (QED) is 0.137. The summed E-state index contributed by atoms with van der Waals surface area (Å²) in [5.74, 6) is 0. The molecule has 2 aliphatic heterocycles. The van der Waals surface area contributed by atoms with E-state index in [4.69, 9.17) is 0 Å².